The van der Waals surface area contributed by atoms with Crippen LogP contribution in [0.15, 0.2) is 127 Å². The van der Waals surface area contributed by atoms with Gasteiger partial charge in [0, 0.05) is 26.9 Å². The number of hydrogen-bond donors (Lipinski definition) is 0. The highest BCUT2D eigenvalue weighted by molar-refractivity contribution is 9.10. The van der Waals surface area contributed by atoms with E-state index in [1.165, 1.54) is 22.3 Å². The second-order valence-electron chi connectivity index (χ2n) is 8.49. The van der Waals surface area contributed by atoms with E-state index in [-0.39, 0.29) is 5.41 Å². The fourth-order valence-electron chi connectivity index (χ4n) is 5.21. The smallest absolute Gasteiger partial charge is 0.0465 e. The molecule has 0 N–H and O–H groups in total. The lowest BCUT2D eigenvalue weighted by Gasteiger charge is -2.32. The molecular formula is C31H26BrN. The van der Waals surface area contributed by atoms with Crippen LogP contribution in [0.3, 0.4) is 0 Å². The van der Waals surface area contributed by atoms with E-state index < -0.39 is 0 Å². The Morgan fingerprint density at radius 2 is 1.15 bits per heavy atom. The Hall–Kier alpha value is -3.36. The van der Waals surface area contributed by atoms with Gasteiger partial charge in [0.25, 0.3) is 0 Å². The van der Waals surface area contributed by atoms with Crippen LogP contribution in [0.5, 0.6) is 0 Å². The van der Waals surface area contributed by atoms with Crippen LogP contribution >= 0.6 is 15.9 Å². The zero-order valence-electron chi connectivity index (χ0n) is 18.5. The zero-order chi connectivity index (χ0) is 22.8. The number of rotatable bonds is 7. The van der Waals surface area contributed by atoms with Crippen molar-refractivity contribution in [3.8, 4) is 11.1 Å². The first-order valence-corrected chi connectivity index (χ1v) is 12.0. The summed E-state index contributed by atoms with van der Waals surface area (Å²) in [6.45, 7) is 8.23. The average Bonchev–Trinajstić information content (AvgIpc) is 3.10. The molecule has 1 aliphatic rings. The maximum atomic E-state index is 4.12. The molecule has 0 atom stereocenters. The Balaban J connectivity index is 1.75. The number of nitrogens with zero attached hydrogens (tertiary/aromatic N) is 1. The highest BCUT2D eigenvalue weighted by Crippen LogP contribution is 2.55. The van der Waals surface area contributed by atoms with Crippen LogP contribution in [-0.2, 0) is 5.41 Å². The second kappa shape index (κ2) is 8.88. The van der Waals surface area contributed by atoms with Crippen molar-refractivity contribution < 1.29 is 0 Å². The van der Waals surface area contributed by atoms with Crippen molar-refractivity contribution in [1.82, 2.24) is 0 Å². The number of hydrogen-bond acceptors (Lipinski definition) is 1. The largest absolute Gasteiger partial charge is 0.310 e. The van der Waals surface area contributed by atoms with Gasteiger partial charge in [0.2, 0.25) is 0 Å². The SMILES string of the molecule is C=CCC1(CC=C)c2cc(Br)ccc2-c2ccc(N(c3ccccc3)c3ccccc3)cc21. The highest BCUT2D eigenvalue weighted by Gasteiger charge is 2.42. The molecule has 2 heteroatoms. The molecule has 162 valence electrons. The maximum Gasteiger partial charge on any atom is 0.0465 e. The van der Waals surface area contributed by atoms with Crippen molar-refractivity contribution in [2.45, 2.75) is 18.3 Å². The van der Waals surface area contributed by atoms with Crippen molar-refractivity contribution in [2.75, 3.05) is 4.90 Å². The molecule has 0 spiro atoms. The van der Waals surface area contributed by atoms with E-state index in [1.807, 2.05) is 12.2 Å². The fraction of sp³-hybridized carbons (Fsp3) is 0.0968. The Labute approximate surface area is 204 Å². The van der Waals surface area contributed by atoms with Gasteiger partial charge in [-0.15, -0.1) is 13.2 Å². The van der Waals surface area contributed by atoms with Gasteiger partial charge < -0.3 is 4.90 Å². The molecule has 1 aliphatic carbocycles. The van der Waals surface area contributed by atoms with Crippen LogP contribution in [0.2, 0.25) is 0 Å². The van der Waals surface area contributed by atoms with Gasteiger partial charge in [-0.05, 0) is 83.6 Å². The fourth-order valence-corrected chi connectivity index (χ4v) is 5.57. The van der Waals surface area contributed by atoms with Crippen LogP contribution in [0.4, 0.5) is 17.1 Å². The van der Waals surface area contributed by atoms with Crippen LogP contribution in [0.25, 0.3) is 11.1 Å². The number of halogens is 1. The number of allylic oxidation sites excluding steroid dienone is 2. The number of benzene rings is 4. The number of anilines is 3. The monoisotopic (exact) mass is 491 g/mol. The van der Waals surface area contributed by atoms with E-state index in [0.717, 1.165) is 34.4 Å². The van der Waals surface area contributed by atoms with Crippen molar-refractivity contribution in [1.29, 1.82) is 0 Å². The van der Waals surface area contributed by atoms with Gasteiger partial charge in [-0.3, -0.25) is 0 Å². The molecule has 4 aromatic rings. The van der Waals surface area contributed by atoms with Gasteiger partial charge in [0.05, 0.1) is 0 Å². The van der Waals surface area contributed by atoms with E-state index in [4.69, 9.17) is 0 Å². The lowest BCUT2D eigenvalue weighted by Crippen LogP contribution is -2.24. The lowest BCUT2D eigenvalue weighted by atomic mass is 9.73. The number of para-hydroxylation sites is 2. The molecule has 5 rings (SSSR count). The summed E-state index contributed by atoms with van der Waals surface area (Å²) < 4.78 is 1.10. The van der Waals surface area contributed by atoms with Gasteiger partial charge in [-0.2, -0.15) is 0 Å². The molecule has 0 aromatic heterocycles. The van der Waals surface area contributed by atoms with Crippen LogP contribution in [0.1, 0.15) is 24.0 Å². The van der Waals surface area contributed by atoms with E-state index in [2.05, 4.69) is 131 Å². The average molecular weight is 492 g/mol. The van der Waals surface area contributed by atoms with Crippen LogP contribution in [-0.4, -0.2) is 0 Å². The topological polar surface area (TPSA) is 3.24 Å². The third kappa shape index (κ3) is 3.65. The minimum absolute atomic E-state index is 0.174. The summed E-state index contributed by atoms with van der Waals surface area (Å²) in [5.41, 5.74) is 8.53. The van der Waals surface area contributed by atoms with Crippen LogP contribution in [0, 0.1) is 0 Å². The maximum absolute atomic E-state index is 4.12. The summed E-state index contributed by atoms with van der Waals surface area (Å²) in [6.07, 6.45) is 5.80. The Morgan fingerprint density at radius 1 is 0.636 bits per heavy atom. The molecule has 33 heavy (non-hydrogen) atoms. The summed E-state index contributed by atoms with van der Waals surface area (Å²) >= 11 is 3.70. The lowest BCUT2D eigenvalue weighted by molar-refractivity contribution is 0.543. The normalized spacial score (nSPS) is 13.1. The van der Waals surface area contributed by atoms with Crippen molar-refractivity contribution >= 4 is 33.0 Å². The molecule has 4 aromatic carbocycles. The van der Waals surface area contributed by atoms with E-state index in [1.54, 1.807) is 0 Å². The molecule has 1 nitrogen and oxygen atoms in total. The van der Waals surface area contributed by atoms with Gasteiger partial charge in [-0.1, -0.05) is 76.6 Å². The van der Waals surface area contributed by atoms with Crippen molar-refractivity contribution in [3.63, 3.8) is 0 Å². The molecule has 0 unspecified atom stereocenters. The van der Waals surface area contributed by atoms with Gasteiger partial charge in [-0.25, -0.2) is 0 Å². The van der Waals surface area contributed by atoms with E-state index >= 15 is 0 Å². The highest BCUT2D eigenvalue weighted by atomic mass is 79.9. The predicted molar refractivity (Wildman–Crippen MR) is 145 cm³/mol. The van der Waals surface area contributed by atoms with Crippen molar-refractivity contribution in [3.05, 3.63) is 138 Å². The quantitative estimate of drug-likeness (QED) is 0.232. The second-order valence-corrected chi connectivity index (χ2v) is 9.41. The summed E-state index contributed by atoms with van der Waals surface area (Å²) in [4.78, 5) is 2.33. The van der Waals surface area contributed by atoms with E-state index in [0.29, 0.717) is 0 Å². The molecular weight excluding hydrogens is 466 g/mol. The summed E-state index contributed by atoms with van der Waals surface area (Å²) in [6, 6.07) is 34.6. The molecule has 0 saturated carbocycles. The van der Waals surface area contributed by atoms with Crippen LogP contribution < -0.4 is 4.90 Å². The number of fused-ring (bicyclic) bond motifs is 3. The Kier molecular flexibility index (Phi) is 5.78. The predicted octanol–water partition coefficient (Wildman–Crippen LogP) is 9.34. The third-order valence-corrected chi connectivity index (χ3v) is 7.07. The first kappa shape index (κ1) is 21.5. The molecule has 0 radical (unpaired) electrons. The first-order chi connectivity index (χ1) is 16.2. The third-order valence-electron chi connectivity index (χ3n) is 6.58. The van der Waals surface area contributed by atoms with Gasteiger partial charge in [0.1, 0.15) is 0 Å². The molecule has 0 saturated heterocycles. The Morgan fingerprint density at radius 3 is 1.70 bits per heavy atom. The molecule has 0 heterocycles. The Bertz CT molecular complexity index is 1260. The standard InChI is InChI=1S/C31H26BrN/c1-3-19-31(20-4-2)29-21-23(32)15-17-27(29)28-18-16-26(22-30(28)31)33(24-11-7-5-8-12-24)25-13-9-6-10-14-25/h3-18,21-22H,1-2,19-20H2. The molecule has 0 fully saturated rings. The minimum atomic E-state index is -0.174. The van der Waals surface area contributed by atoms with Crippen molar-refractivity contribution in [2.24, 2.45) is 0 Å². The summed E-state index contributed by atoms with van der Waals surface area (Å²) in [5, 5.41) is 0. The van der Waals surface area contributed by atoms with Gasteiger partial charge >= 0.3 is 0 Å². The first-order valence-electron chi connectivity index (χ1n) is 11.2. The van der Waals surface area contributed by atoms with E-state index in [9.17, 15) is 0 Å². The summed E-state index contributed by atoms with van der Waals surface area (Å²) in [5.74, 6) is 0. The zero-order valence-corrected chi connectivity index (χ0v) is 20.1. The summed E-state index contributed by atoms with van der Waals surface area (Å²) in [7, 11) is 0. The molecule has 0 amide bonds. The molecule has 0 bridgehead atoms. The minimum Gasteiger partial charge on any atom is -0.310 e. The van der Waals surface area contributed by atoms with Gasteiger partial charge in [0.15, 0.2) is 0 Å². The molecule has 0 aliphatic heterocycles.